The van der Waals surface area contributed by atoms with E-state index in [2.05, 4.69) is 0 Å². The highest BCUT2D eigenvalue weighted by atomic mass is 19.1. The van der Waals surface area contributed by atoms with Crippen molar-refractivity contribution in [2.24, 2.45) is 11.8 Å². The van der Waals surface area contributed by atoms with E-state index in [4.69, 9.17) is 4.74 Å². The summed E-state index contributed by atoms with van der Waals surface area (Å²) in [6.07, 6.45) is 0. The molecule has 4 rings (SSSR count). The summed E-state index contributed by atoms with van der Waals surface area (Å²) in [5.74, 6) is -4.07. The van der Waals surface area contributed by atoms with Crippen LogP contribution in [0.3, 0.4) is 0 Å². The number of benzene rings is 2. The number of imide groups is 1. The lowest BCUT2D eigenvalue weighted by molar-refractivity contribution is -0.730. The zero-order valence-electron chi connectivity index (χ0n) is 16.4. The normalized spacial score (nSPS) is 28.6. The number of rotatable bonds is 3. The van der Waals surface area contributed by atoms with E-state index in [0.29, 0.717) is 0 Å². The maximum atomic E-state index is 14.4. The van der Waals surface area contributed by atoms with Gasteiger partial charge < -0.3 is 10.1 Å². The lowest BCUT2D eigenvalue weighted by atomic mass is 9.80. The molecule has 2 saturated heterocycles. The number of methoxy groups -OCH3 is 1. The van der Waals surface area contributed by atoms with Crippen LogP contribution in [0, 0.1) is 24.6 Å². The fraction of sp³-hybridized carbons (Fsp3) is 0.318. The van der Waals surface area contributed by atoms with Gasteiger partial charge in [-0.05, 0) is 19.1 Å². The van der Waals surface area contributed by atoms with Gasteiger partial charge in [-0.1, -0.05) is 42.0 Å². The fourth-order valence-corrected chi connectivity index (χ4v) is 4.64. The number of anilines is 1. The van der Waals surface area contributed by atoms with Crippen LogP contribution in [0.25, 0.3) is 0 Å². The van der Waals surface area contributed by atoms with Crippen molar-refractivity contribution in [3.8, 4) is 0 Å². The van der Waals surface area contributed by atoms with Crippen LogP contribution in [0.4, 0.5) is 10.1 Å². The Morgan fingerprint density at radius 3 is 2.38 bits per heavy atom. The fourth-order valence-electron chi connectivity index (χ4n) is 4.64. The summed E-state index contributed by atoms with van der Waals surface area (Å²) in [4.78, 5) is 40.2. The van der Waals surface area contributed by atoms with E-state index in [1.54, 1.807) is 18.3 Å². The van der Waals surface area contributed by atoms with Crippen molar-refractivity contribution in [3.63, 3.8) is 0 Å². The van der Waals surface area contributed by atoms with Crippen molar-refractivity contribution in [1.82, 2.24) is 0 Å². The predicted octanol–water partition coefficient (Wildman–Crippen LogP) is 1.49. The SMILES string of the molecule is COC(=O)[C@@]1(C)[NH2+][C@H](c2ccc(C)cc2)[C@H]2C(=O)N(c3ccccc3F)C(=O)[C@H]21. The molecule has 2 heterocycles. The Balaban J connectivity index is 1.84. The molecule has 2 N–H and O–H groups in total. The zero-order valence-corrected chi connectivity index (χ0v) is 16.4. The molecule has 150 valence electrons. The second kappa shape index (κ2) is 6.77. The molecule has 0 aromatic heterocycles. The summed E-state index contributed by atoms with van der Waals surface area (Å²) in [6.45, 7) is 3.56. The van der Waals surface area contributed by atoms with Crippen LogP contribution in [0.1, 0.15) is 24.1 Å². The Morgan fingerprint density at radius 2 is 1.76 bits per heavy atom. The molecule has 0 bridgehead atoms. The molecule has 2 amide bonds. The number of ether oxygens (including phenoxy) is 1. The Labute approximate surface area is 167 Å². The van der Waals surface area contributed by atoms with Gasteiger partial charge in [0.25, 0.3) is 0 Å². The molecule has 29 heavy (non-hydrogen) atoms. The third-order valence-corrected chi connectivity index (χ3v) is 6.09. The first kappa shape index (κ1) is 19.3. The van der Waals surface area contributed by atoms with Crippen molar-refractivity contribution in [3.05, 3.63) is 65.5 Å². The summed E-state index contributed by atoms with van der Waals surface area (Å²) < 4.78 is 19.4. The minimum Gasteiger partial charge on any atom is -0.464 e. The molecule has 0 unspecified atom stereocenters. The quantitative estimate of drug-likeness (QED) is 0.629. The molecule has 7 heteroatoms. The first-order valence-electron chi connectivity index (χ1n) is 9.43. The van der Waals surface area contributed by atoms with Gasteiger partial charge in [0.2, 0.25) is 17.4 Å². The summed E-state index contributed by atoms with van der Waals surface area (Å²) in [7, 11) is 1.26. The van der Waals surface area contributed by atoms with Gasteiger partial charge >= 0.3 is 5.97 Å². The van der Waals surface area contributed by atoms with Crippen molar-refractivity contribution < 1.29 is 28.8 Å². The molecule has 2 fully saturated rings. The number of hydrogen-bond donors (Lipinski definition) is 1. The first-order valence-corrected chi connectivity index (χ1v) is 9.43. The highest BCUT2D eigenvalue weighted by molar-refractivity contribution is 6.23. The standard InChI is InChI=1S/C22H21FN2O4/c1-12-8-10-13(11-9-12)18-16-17(22(2,24-18)21(28)29-3)20(27)25(19(16)26)15-7-5-4-6-14(15)23/h4-11,16-18,24H,1-3H3/p+1/t16-,17-,18+,22-/m0/s1. The number of para-hydroxylation sites is 1. The van der Waals surface area contributed by atoms with E-state index in [0.717, 1.165) is 16.0 Å². The van der Waals surface area contributed by atoms with E-state index in [-0.39, 0.29) is 5.69 Å². The van der Waals surface area contributed by atoms with E-state index < -0.39 is 47.0 Å². The molecular formula is C22H22FN2O4+. The number of aryl methyl sites for hydroxylation is 1. The van der Waals surface area contributed by atoms with Gasteiger partial charge in [-0.3, -0.25) is 9.59 Å². The monoisotopic (exact) mass is 397 g/mol. The zero-order chi connectivity index (χ0) is 20.9. The van der Waals surface area contributed by atoms with E-state index in [9.17, 15) is 18.8 Å². The molecule has 0 saturated carbocycles. The van der Waals surface area contributed by atoms with Gasteiger partial charge in [-0.25, -0.2) is 14.1 Å². The maximum Gasteiger partial charge on any atom is 0.368 e. The average Bonchev–Trinajstić information content (AvgIpc) is 3.17. The van der Waals surface area contributed by atoms with Crippen LogP contribution in [0.15, 0.2) is 48.5 Å². The molecule has 2 aliphatic rings. The van der Waals surface area contributed by atoms with Crippen molar-refractivity contribution >= 4 is 23.5 Å². The molecule has 2 aromatic carbocycles. The van der Waals surface area contributed by atoms with E-state index in [1.165, 1.54) is 25.3 Å². The number of carbonyl (C=O) groups is 3. The van der Waals surface area contributed by atoms with Crippen LogP contribution in [-0.4, -0.2) is 30.4 Å². The number of nitrogens with zero attached hydrogens (tertiary/aromatic N) is 1. The molecule has 6 nitrogen and oxygen atoms in total. The van der Waals surface area contributed by atoms with Crippen molar-refractivity contribution in [1.29, 1.82) is 0 Å². The Kier molecular flexibility index (Phi) is 4.50. The number of esters is 1. The number of carbonyl (C=O) groups excluding carboxylic acids is 3. The molecule has 2 aromatic rings. The number of hydrogen-bond acceptors (Lipinski definition) is 4. The Hall–Kier alpha value is -3.06. The number of halogens is 1. The number of fused-ring (bicyclic) bond motifs is 1. The lowest BCUT2D eigenvalue weighted by Gasteiger charge is -2.25. The van der Waals surface area contributed by atoms with Gasteiger partial charge in [0.05, 0.1) is 12.8 Å². The summed E-state index contributed by atoms with van der Waals surface area (Å²) in [6, 6.07) is 12.8. The second-order valence-electron chi connectivity index (χ2n) is 7.84. The second-order valence-corrected chi connectivity index (χ2v) is 7.84. The third kappa shape index (κ3) is 2.76. The van der Waals surface area contributed by atoms with Crippen molar-refractivity contribution in [2.45, 2.75) is 25.4 Å². The van der Waals surface area contributed by atoms with Gasteiger partial charge in [-0.15, -0.1) is 0 Å². The summed E-state index contributed by atoms with van der Waals surface area (Å²) in [5, 5.41) is 1.74. The Morgan fingerprint density at radius 1 is 1.10 bits per heavy atom. The molecule has 4 atom stereocenters. The van der Waals surface area contributed by atoms with E-state index >= 15 is 0 Å². The molecular weight excluding hydrogens is 375 g/mol. The topological polar surface area (TPSA) is 80.3 Å². The first-order chi connectivity index (χ1) is 13.8. The van der Waals surface area contributed by atoms with Crippen LogP contribution >= 0.6 is 0 Å². The van der Waals surface area contributed by atoms with Crippen LogP contribution in [-0.2, 0) is 19.1 Å². The molecule has 0 radical (unpaired) electrons. The number of nitrogens with two attached hydrogens (primary N) is 1. The van der Waals surface area contributed by atoms with Crippen LogP contribution in [0.5, 0.6) is 0 Å². The van der Waals surface area contributed by atoms with Crippen LogP contribution in [0.2, 0.25) is 0 Å². The van der Waals surface area contributed by atoms with E-state index in [1.807, 2.05) is 31.2 Å². The molecule has 2 aliphatic heterocycles. The van der Waals surface area contributed by atoms with Crippen molar-refractivity contribution in [2.75, 3.05) is 12.0 Å². The smallest absolute Gasteiger partial charge is 0.368 e. The predicted molar refractivity (Wildman–Crippen MR) is 102 cm³/mol. The highest BCUT2D eigenvalue weighted by Crippen LogP contribution is 2.46. The highest BCUT2D eigenvalue weighted by Gasteiger charge is 2.71. The summed E-state index contributed by atoms with van der Waals surface area (Å²) in [5.41, 5.74) is 0.504. The summed E-state index contributed by atoms with van der Waals surface area (Å²) >= 11 is 0. The average molecular weight is 397 g/mol. The Bertz CT molecular complexity index is 1010. The van der Waals surface area contributed by atoms with Gasteiger partial charge in [0.1, 0.15) is 23.7 Å². The number of amides is 2. The van der Waals surface area contributed by atoms with Gasteiger partial charge in [-0.2, -0.15) is 0 Å². The van der Waals surface area contributed by atoms with Crippen LogP contribution < -0.4 is 10.2 Å². The number of quaternary nitrogens is 1. The molecule has 0 spiro atoms. The lowest BCUT2D eigenvalue weighted by Crippen LogP contribution is -2.97. The minimum atomic E-state index is -1.29. The van der Waals surface area contributed by atoms with Gasteiger partial charge in [0, 0.05) is 12.5 Å². The minimum absolute atomic E-state index is 0.0910. The largest absolute Gasteiger partial charge is 0.464 e. The molecule has 0 aliphatic carbocycles. The maximum absolute atomic E-state index is 14.4. The third-order valence-electron chi connectivity index (χ3n) is 6.09. The van der Waals surface area contributed by atoms with Gasteiger partial charge in [0.15, 0.2) is 0 Å².